The van der Waals surface area contributed by atoms with Crippen molar-refractivity contribution in [2.45, 2.75) is 39.9 Å². The number of anilines is 1. The third-order valence-corrected chi connectivity index (χ3v) is 5.13. The highest BCUT2D eigenvalue weighted by Crippen LogP contribution is 2.26. The van der Waals surface area contributed by atoms with Crippen LogP contribution in [0.3, 0.4) is 0 Å². The Bertz CT molecular complexity index is 1090. The third-order valence-electron chi connectivity index (χ3n) is 4.11. The normalized spacial score (nSPS) is 12.7. The lowest BCUT2D eigenvalue weighted by atomic mass is 10.1. The van der Waals surface area contributed by atoms with Gasteiger partial charge in [-0.1, -0.05) is 26.8 Å². The lowest BCUT2D eigenvalue weighted by molar-refractivity contribution is -0.0500. The molecule has 0 aliphatic rings. The molecular formula is C20H23F5N6O3S. The Kier molecular flexibility index (Phi) is 10.9. The summed E-state index contributed by atoms with van der Waals surface area (Å²) in [7, 11) is -1.39. The van der Waals surface area contributed by atoms with Gasteiger partial charge in [0.05, 0.1) is 22.6 Å². The molecule has 0 amide bonds. The maximum Gasteiger partial charge on any atom is 0.387 e. The van der Waals surface area contributed by atoms with E-state index in [2.05, 4.69) is 34.9 Å². The van der Waals surface area contributed by atoms with Crippen molar-refractivity contribution in [1.29, 1.82) is 0 Å². The first kappa shape index (κ1) is 28.0. The molecule has 2 atom stereocenters. The minimum absolute atomic E-state index is 0.00809. The highest BCUT2D eigenvalue weighted by Gasteiger charge is 2.20. The first-order chi connectivity index (χ1) is 16.8. The van der Waals surface area contributed by atoms with Crippen LogP contribution in [-0.2, 0) is 11.0 Å². The summed E-state index contributed by atoms with van der Waals surface area (Å²) in [4.78, 5) is 8.04. The average Bonchev–Trinajstić information content (AvgIpc) is 3.34. The van der Waals surface area contributed by atoms with Gasteiger partial charge in [-0.15, -0.1) is 10.2 Å². The molecule has 2 aromatic heterocycles. The molecule has 0 saturated heterocycles. The summed E-state index contributed by atoms with van der Waals surface area (Å²) in [6.45, 7) is 2.54. The topological polar surface area (TPSA) is 115 Å². The van der Waals surface area contributed by atoms with Crippen molar-refractivity contribution in [3.05, 3.63) is 47.9 Å². The second kappa shape index (κ2) is 13.6. The van der Waals surface area contributed by atoms with E-state index >= 15 is 0 Å². The summed E-state index contributed by atoms with van der Waals surface area (Å²) in [5.41, 5.74) is 0.213. The highest BCUT2D eigenvalue weighted by molar-refractivity contribution is 7.82. The number of halogens is 5. The average molecular weight is 523 g/mol. The summed E-state index contributed by atoms with van der Waals surface area (Å²) in [5, 5.41) is 9.54. The van der Waals surface area contributed by atoms with E-state index in [9.17, 15) is 26.2 Å². The third kappa shape index (κ3) is 8.20. The minimum Gasteiger partial charge on any atom is -0.435 e. The summed E-state index contributed by atoms with van der Waals surface area (Å²) in [6.07, 6.45) is -0.478. The number of nitrogens with zero attached hydrogens (tertiary/aromatic N) is 4. The molecule has 1 aromatic carbocycles. The largest absolute Gasteiger partial charge is 0.435 e. The van der Waals surface area contributed by atoms with E-state index in [1.165, 1.54) is 18.5 Å². The van der Waals surface area contributed by atoms with Crippen LogP contribution in [0.1, 0.15) is 44.7 Å². The predicted octanol–water partition coefficient (Wildman–Crippen LogP) is 4.66. The van der Waals surface area contributed by atoms with Crippen molar-refractivity contribution >= 4 is 16.9 Å². The van der Waals surface area contributed by atoms with Gasteiger partial charge in [0.15, 0.2) is 0 Å². The van der Waals surface area contributed by atoms with Crippen LogP contribution in [0, 0.1) is 5.82 Å². The number of hydrogen-bond donors (Lipinski definition) is 2. The Hall–Kier alpha value is -3.20. The van der Waals surface area contributed by atoms with Crippen LogP contribution >= 0.6 is 0 Å². The second-order valence-corrected chi connectivity index (χ2v) is 7.84. The minimum atomic E-state index is -3.11. The fraction of sp³-hybridized carbons (Fsp3) is 0.400. The molecule has 0 aliphatic heterocycles. The molecule has 0 aliphatic carbocycles. The van der Waals surface area contributed by atoms with Crippen LogP contribution in [0.5, 0.6) is 5.75 Å². The second-order valence-electron chi connectivity index (χ2n) is 6.28. The maximum absolute atomic E-state index is 14.6. The fourth-order valence-corrected chi connectivity index (χ4v) is 3.15. The molecule has 35 heavy (non-hydrogen) atoms. The molecule has 3 aromatic rings. The van der Waals surface area contributed by atoms with E-state index in [1.54, 1.807) is 6.92 Å². The molecule has 9 nitrogen and oxygen atoms in total. The quantitative estimate of drug-likeness (QED) is 0.350. The van der Waals surface area contributed by atoms with Crippen molar-refractivity contribution in [2.75, 3.05) is 17.6 Å². The number of hydrogen-bond acceptors (Lipinski definition) is 8. The van der Waals surface area contributed by atoms with Crippen LogP contribution < -0.4 is 14.8 Å². The first-order valence-corrected chi connectivity index (χ1v) is 11.6. The van der Waals surface area contributed by atoms with E-state index in [0.29, 0.717) is 5.75 Å². The van der Waals surface area contributed by atoms with Crippen molar-refractivity contribution in [3.8, 4) is 17.2 Å². The molecule has 3 rings (SSSR count). The fourth-order valence-electron chi connectivity index (χ4n) is 2.59. The van der Waals surface area contributed by atoms with E-state index < -0.39 is 41.8 Å². The number of rotatable bonds is 11. The van der Waals surface area contributed by atoms with Gasteiger partial charge in [-0.25, -0.2) is 23.3 Å². The lowest BCUT2D eigenvalue weighted by Gasteiger charge is -2.20. The molecule has 2 heterocycles. The predicted molar refractivity (Wildman–Crippen MR) is 118 cm³/mol. The summed E-state index contributed by atoms with van der Waals surface area (Å²) in [6, 6.07) is 2.34. The van der Waals surface area contributed by atoms with Gasteiger partial charge in [0, 0.05) is 36.3 Å². The van der Waals surface area contributed by atoms with Crippen molar-refractivity contribution in [2.24, 2.45) is 0 Å². The molecule has 2 N–H and O–H groups in total. The number of aromatic nitrogens is 4. The maximum atomic E-state index is 14.6. The molecule has 0 fully saturated rings. The molecular weight excluding hydrogens is 499 g/mol. The molecule has 2 unspecified atom stereocenters. The number of ether oxygens (including phenoxy) is 1. The van der Waals surface area contributed by atoms with Crippen LogP contribution in [0.2, 0.25) is 0 Å². The standard InChI is InChI=1S/C18H17F5N6O3S.C2H6/c1-2-33(30)26-8-13(11-4-3-10(5-12(11)19)31-17(22)23)27-18-24-6-9(7-25-18)15-28-29-16(32-15)14(20)21;1-2/h3-7,13-14,17,26H,2,8H2,1H3,(H,24,25,27);1-2H3. The summed E-state index contributed by atoms with van der Waals surface area (Å²) in [5.74, 6) is -1.97. The Labute approximate surface area is 200 Å². The van der Waals surface area contributed by atoms with Crippen molar-refractivity contribution in [3.63, 3.8) is 0 Å². The van der Waals surface area contributed by atoms with Gasteiger partial charge in [-0.2, -0.15) is 17.6 Å². The zero-order valence-corrected chi connectivity index (χ0v) is 19.7. The summed E-state index contributed by atoms with van der Waals surface area (Å²) < 4.78 is 88.1. The smallest absolute Gasteiger partial charge is 0.387 e. The summed E-state index contributed by atoms with van der Waals surface area (Å²) >= 11 is 0. The van der Waals surface area contributed by atoms with Crippen LogP contribution in [0.4, 0.5) is 27.9 Å². The molecule has 192 valence electrons. The first-order valence-electron chi connectivity index (χ1n) is 10.3. The van der Waals surface area contributed by atoms with Gasteiger partial charge in [0.25, 0.3) is 11.8 Å². The van der Waals surface area contributed by atoms with Crippen LogP contribution in [0.25, 0.3) is 11.5 Å². The van der Waals surface area contributed by atoms with Gasteiger partial charge < -0.3 is 14.5 Å². The van der Waals surface area contributed by atoms with Crippen molar-refractivity contribution < 1.29 is 35.3 Å². The van der Waals surface area contributed by atoms with Gasteiger partial charge >= 0.3 is 13.0 Å². The van der Waals surface area contributed by atoms with Gasteiger partial charge in [-0.05, 0) is 6.07 Å². The SMILES string of the molecule is CC.CCS(=O)NCC(Nc1ncc(-c2nnc(C(F)F)o2)cn1)c1ccc(OC(F)F)cc1F. The van der Waals surface area contributed by atoms with E-state index in [4.69, 9.17) is 4.42 Å². The highest BCUT2D eigenvalue weighted by atomic mass is 32.2. The zero-order valence-electron chi connectivity index (χ0n) is 18.8. The Balaban J connectivity index is 0.00000210. The Morgan fingerprint density at radius 3 is 2.34 bits per heavy atom. The number of nitrogens with one attached hydrogen (secondary N) is 2. The van der Waals surface area contributed by atoms with Crippen molar-refractivity contribution in [1.82, 2.24) is 24.9 Å². The van der Waals surface area contributed by atoms with Gasteiger partial charge in [-0.3, -0.25) is 0 Å². The number of alkyl halides is 4. The van der Waals surface area contributed by atoms with E-state index in [0.717, 1.165) is 12.1 Å². The monoisotopic (exact) mass is 522 g/mol. The van der Waals surface area contributed by atoms with Crippen LogP contribution in [-0.4, -0.2) is 43.3 Å². The molecule has 0 spiro atoms. The Morgan fingerprint density at radius 1 is 1.11 bits per heavy atom. The van der Waals surface area contributed by atoms with Gasteiger partial charge in [0.1, 0.15) is 11.6 Å². The molecule has 0 radical (unpaired) electrons. The molecule has 15 heteroatoms. The lowest BCUT2D eigenvalue weighted by Crippen LogP contribution is -2.29. The van der Waals surface area contributed by atoms with E-state index in [1.807, 2.05) is 13.8 Å². The molecule has 0 saturated carbocycles. The zero-order chi connectivity index (χ0) is 26.0. The van der Waals surface area contributed by atoms with E-state index in [-0.39, 0.29) is 35.3 Å². The Morgan fingerprint density at radius 2 is 1.80 bits per heavy atom. The number of benzene rings is 1. The van der Waals surface area contributed by atoms with Crippen LogP contribution in [0.15, 0.2) is 35.0 Å². The molecule has 0 bridgehead atoms. The van der Waals surface area contributed by atoms with Gasteiger partial charge in [0.2, 0.25) is 5.95 Å².